The summed E-state index contributed by atoms with van der Waals surface area (Å²) in [5.74, 6) is -0.770. The van der Waals surface area contributed by atoms with Gasteiger partial charge in [0.1, 0.15) is 12.6 Å². The number of carbonyl (C=O) groups is 2. The van der Waals surface area contributed by atoms with Gasteiger partial charge in [-0.1, -0.05) is 83.2 Å². The summed E-state index contributed by atoms with van der Waals surface area (Å²) in [6.45, 7) is 1.28. The molecule has 0 aliphatic heterocycles. The molecular formula is C30H33BrClN3O4S. The van der Waals surface area contributed by atoms with Gasteiger partial charge >= 0.3 is 0 Å². The van der Waals surface area contributed by atoms with Crippen LogP contribution in [0.5, 0.6) is 0 Å². The fourth-order valence-electron chi connectivity index (χ4n) is 4.86. The van der Waals surface area contributed by atoms with Gasteiger partial charge in [-0.05, 0) is 67.8 Å². The molecule has 0 radical (unpaired) electrons. The SMILES string of the molecule is C[C@H](C(=O)NC1CCCCC1)N(Cc1cccc(Cl)c1)C(=O)CN(c1cccc(Br)c1)S(=O)(=O)c1ccccc1. The van der Waals surface area contributed by atoms with E-state index in [9.17, 15) is 18.0 Å². The molecule has 10 heteroatoms. The topological polar surface area (TPSA) is 86.8 Å². The van der Waals surface area contributed by atoms with Gasteiger partial charge in [0.25, 0.3) is 10.0 Å². The van der Waals surface area contributed by atoms with E-state index in [1.165, 1.54) is 17.0 Å². The van der Waals surface area contributed by atoms with E-state index in [1.807, 2.05) is 6.07 Å². The van der Waals surface area contributed by atoms with Crippen molar-refractivity contribution in [2.24, 2.45) is 0 Å². The van der Waals surface area contributed by atoms with Gasteiger partial charge in [-0.2, -0.15) is 0 Å². The number of sulfonamides is 1. The molecular weight excluding hydrogens is 614 g/mol. The lowest BCUT2D eigenvalue weighted by atomic mass is 9.95. The maximum absolute atomic E-state index is 14.0. The highest BCUT2D eigenvalue weighted by Crippen LogP contribution is 2.27. The molecule has 1 N–H and O–H groups in total. The van der Waals surface area contributed by atoms with Crippen molar-refractivity contribution in [1.29, 1.82) is 0 Å². The van der Waals surface area contributed by atoms with Crippen molar-refractivity contribution < 1.29 is 18.0 Å². The van der Waals surface area contributed by atoms with Gasteiger partial charge in [-0.25, -0.2) is 8.42 Å². The largest absolute Gasteiger partial charge is 0.352 e. The van der Waals surface area contributed by atoms with Crippen molar-refractivity contribution in [3.8, 4) is 0 Å². The average Bonchev–Trinajstić information content (AvgIpc) is 2.95. The maximum atomic E-state index is 14.0. The van der Waals surface area contributed by atoms with Crippen LogP contribution in [0.3, 0.4) is 0 Å². The molecule has 212 valence electrons. The van der Waals surface area contributed by atoms with E-state index in [0.29, 0.717) is 15.2 Å². The number of carbonyl (C=O) groups excluding carboxylic acids is 2. The first kappa shape index (κ1) is 30.1. The van der Waals surface area contributed by atoms with Crippen LogP contribution in [0.15, 0.2) is 88.2 Å². The summed E-state index contributed by atoms with van der Waals surface area (Å²) in [5, 5.41) is 3.61. The van der Waals surface area contributed by atoms with Crippen LogP contribution in [0.2, 0.25) is 5.02 Å². The van der Waals surface area contributed by atoms with Gasteiger partial charge in [0, 0.05) is 22.1 Å². The van der Waals surface area contributed by atoms with Crippen LogP contribution in [-0.2, 0) is 26.2 Å². The number of hydrogen-bond acceptors (Lipinski definition) is 4. The lowest BCUT2D eigenvalue weighted by molar-refractivity contribution is -0.139. The Balaban J connectivity index is 1.67. The molecule has 4 rings (SSSR count). The standard InChI is InChI=1S/C30H33BrClN3O4S/c1-22(30(37)33-26-13-4-2-5-14-26)34(20-23-10-8-12-25(32)18-23)29(36)21-35(27-15-9-11-24(31)19-27)40(38,39)28-16-6-3-7-17-28/h3,6-12,15-19,22,26H,2,4-5,13-14,20-21H2,1H3,(H,33,37)/t22-/m1/s1. The van der Waals surface area contributed by atoms with Gasteiger partial charge in [-0.15, -0.1) is 0 Å². The summed E-state index contributed by atoms with van der Waals surface area (Å²) >= 11 is 9.62. The second-order valence-corrected chi connectivity index (χ2v) is 13.2. The number of benzene rings is 3. The van der Waals surface area contributed by atoms with E-state index in [1.54, 1.807) is 67.6 Å². The third-order valence-electron chi connectivity index (χ3n) is 7.07. The molecule has 0 bridgehead atoms. The molecule has 1 fully saturated rings. The highest BCUT2D eigenvalue weighted by atomic mass is 79.9. The number of amides is 2. The maximum Gasteiger partial charge on any atom is 0.264 e. The lowest BCUT2D eigenvalue weighted by Crippen LogP contribution is -2.53. The average molecular weight is 647 g/mol. The Hall–Kier alpha value is -2.88. The smallest absolute Gasteiger partial charge is 0.264 e. The van der Waals surface area contributed by atoms with E-state index < -0.39 is 28.5 Å². The second kappa shape index (κ2) is 13.7. The molecule has 0 saturated heterocycles. The lowest BCUT2D eigenvalue weighted by Gasteiger charge is -2.33. The van der Waals surface area contributed by atoms with Crippen LogP contribution in [0, 0.1) is 0 Å². The molecule has 0 spiro atoms. The van der Waals surface area contributed by atoms with E-state index in [4.69, 9.17) is 11.6 Å². The molecule has 3 aromatic rings. The van der Waals surface area contributed by atoms with Gasteiger partial charge in [0.05, 0.1) is 10.6 Å². The molecule has 3 aromatic carbocycles. The number of anilines is 1. The summed E-state index contributed by atoms with van der Waals surface area (Å²) in [5.41, 5.74) is 1.06. The van der Waals surface area contributed by atoms with Gasteiger partial charge in [0.2, 0.25) is 11.8 Å². The zero-order valence-corrected chi connectivity index (χ0v) is 25.5. The van der Waals surface area contributed by atoms with Crippen LogP contribution in [0.25, 0.3) is 0 Å². The molecule has 0 unspecified atom stereocenters. The Morgan fingerprint density at radius 1 is 0.975 bits per heavy atom. The summed E-state index contributed by atoms with van der Waals surface area (Å²) in [7, 11) is -4.10. The Kier molecular flexibility index (Phi) is 10.3. The third kappa shape index (κ3) is 7.65. The third-order valence-corrected chi connectivity index (χ3v) is 9.58. The van der Waals surface area contributed by atoms with Crippen molar-refractivity contribution in [3.63, 3.8) is 0 Å². The zero-order valence-electron chi connectivity index (χ0n) is 22.3. The van der Waals surface area contributed by atoms with Crippen LogP contribution in [-0.4, -0.2) is 43.8 Å². The van der Waals surface area contributed by atoms with E-state index in [2.05, 4.69) is 21.2 Å². The number of nitrogens with zero attached hydrogens (tertiary/aromatic N) is 2. The fourth-order valence-corrected chi connectivity index (χ4v) is 6.89. The highest BCUT2D eigenvalue weighted by Gasteiger charge is 2.33. The summed E-state index contributed by atoms with van der Waals surface area (Å²) in [6.07, 6.45) is 5.09. The number of rotatable bonds is 10. The Bertz CT molecular complexity index is 1430. The molecule has 1 aliphatic carbocycles. The normalized spacial score (nSPS) is 14.8. The molecule has 1 saturated carbocycles. The minimum atomic E-state index is -4.10. The predicted octanol–water partition coefficient (Wildman–Crippen LogP) is 6.16. The number of halogens is 2. The van der Waals surface area contributed by atoms with E-state index in [-0.39, 0.29) is 23.4 Å². The summed E-state index contributed by atoms with van der Waals surface area (Å²) in [6, 6.07) is 21.1. The fraction of sp³-hybridized carbons (Fsp3) is 0.333. The number of hydrogen-bond donors (Lipinski definition) is 1. The molecule has 0 heterocycles. The van der Waals surface area contributed by atoms with Crippen LogP contribution in [0.4, 0.5) is 5.69 Å². The van der Waals surface area contributed by atoms with Crippen LogP contribution >= 0.6 is 27.5 Å². The number of nitrogens with one attached hydrogen (secondary N) is 1. The van der Waals surface area contributed by atoms with Gasteiger partial charge < -0.3 is 10.2 Å². The molecule has 7 nitrogen and oxygen atoms in total. The van der Waals surface area contributed by atoms with Gasteiger partial charge in [0.15, 0.2) is 0 Å². The zero-order chi connectivity index (χ0) is 28.7. The van der Waals surface area contributed by atoms with Gasteiger partial charge in [-0.3, -0.25) is 13.9 Å². The van der Waals surface area contributed by atoms with Crippen molar-refractivity contribution >= 4 is 55.1 Å². The molecule has 1 aliphatic rings. The first-order valence-corrected chi connectivity index (χ1v) is 15.9. The minimum Gasteiger partial charge on any atom is -0.352 e. The first-order chi connectivity index (χ1) is 19.1. The second-order valence-electron chi connectivity index (χ2n) is 9.98. The molecule has 40 heavy (non-hydrogen) atoms. The van der Waals surface area contributed by atoms with Crippen LogP contribution in [0.1, 0.15) is 44.6 Å². The minimum absolute atomic E-state index is 0.0623. The Labute approximate surface area is 249 Å². The highest BCUT2D eigenvalue weighted by molar-refractivity contribution is 9.10. The quantitative estimate of drug-likeness (QED) is 0.286. The Morgan fingerprint density at radius 3 is 2.35 bits per heavy atom. The van der Waals surface area contributed by atoms with Crippen molar-refractivity contribution in [1.82, 2.24) is 10.2 Å². The summed E-state index contributed by atoms with van der Waals surface area (Å²) in [4.78, 5) is 28.9. The molecule has 1 atom stereocenters. The Morgan fingerprint density at radius 2 is 1.68 bits per heavy atom. The summed E-state index contributed by atoms with van der Waals surface area (Å²) < 4.78 is 29.4. The predicted molar refractivity (Wildman–Crippen MR) is 162 cm³/mol. The van der Waals surface area contributed by atoms with Crippen molar-refractivity contribution in [2.75, 3.05) is 10.8 Å². The molecule has 0 aromatic heterocycles. The monoisotopic (exact) mass is 645 g/mol. The first-order valence-electron chi connectivity index (χ1n) is 13.3. The van der Waals surface area contributed by atoms with Crippen LogP contribution < -0.4 is 9.62 Å². The van der Waals surface area contributed by atoms with E-state index >= 15 is 0 Å². The van der Waals surface area contributed by atoms with Crippen molar-refractivity contribution in [3.05, 3.63) is 93.9 Å². The molecule has 2 amide bonds. The van der Waals surface area contributed by atoms with E-state index in [0.717, 1.165) is 42.0 Å². The van der Waals surface area contributed by atoms with Crippen molar-refractivity contribution in [2.45, 2.75) is 62.6 Å².